The van der Waals surface area contributed by atoms with Crippen molar-refractivity contribution in [1.29, 1.82) is 0 Å². The number of anilines is 1. The summed E-state index contributed by atoms with van der Waals surface area (Å²) >= 11 is 3.39. The molecule has 0 aliphatic heterocycles. The number of carbonyl (C=O) groups excluding carboxylic acids is 1. The number of hydrogen-bond donors (Lipinski definition) is 0. The van der Waals surface area contributed by atoms with Crippen LogP contribution in [0.2, 0.25) is 0 Å². The lowest BCUT2D eigenvalue weighted by Crippen LogP contribution is -2.21. The average molecular weight is 328 g/mol. The Kier molecular flexibility index (Phi) is 7.56. The van der Waals surface area contributed by atoms with Gasteiger partial charge in [0.15, 0.2) is 6.29 Å². The van der Waals surface area contributed by atoms with Gasteiger partial charge >= 0.3 is 0 Å². The maximum atomic E-state index is 11.0. The van der Waals surface area contributed by atoms with Gasteiger partial charge in [-0.1, -0.05) is 15.9 Å². The third-order valence-electron chi connectivity index (χ3n) is 3.04. The van der Waals surface area contributed by atoms with E-state index in [9.17, 15) is 4.79 Å². The Morgan fingerprint density at radius 3 is 2.58 bits per heavy atom. The van der Waals surface area contributed by atoms with Crippen LogP contribution < -0.4 is 9.64 Å². The summed E-state index contributed by atoms with van der Waals surface area (Å²) in [4.78, 5) is 13.3. The number of rotatable bonds is 9. The Morgan fingerprint density at radius 1 is 1.26 bits per heavy atom. The molecule has 0 atom stereocenters. The Balaban J connectivity index is 2.80. The van der Waals surface area contributed by atoms with E-state index in [1.165, 1.54) is 0 Å². The number of halogens is 1. The van der Waals surface area contributed by atoms with Crippen LogP contribution in [-0.2, 0) is 0 Å². The van der Waals surface area contributed by atoms with E-state index in [2.05, 4.69) is 34.7 Å². The normalized spacial score (nSPS) is 10.3. The summed E-state index contributed by atoms with van der Waals surface area (Å²) in [5, 5.41) is 0.983. The second-order valence-electron chi connectivity index (χ2n) is 4.26. The minimum Gasteiger partial charge on any atom is -0.493 e. The molecule has 0 aliphatic carbocycles. The van der Waals surface area contributed by atoms with Crippen molar-refractivity contribution in [2.24, 2.45) is 0 Å². The molecule has 0 unspecified atom stereocenters. The van der Waals surface area contributed by atoms with Gasteiger partial charge in [-0.3, -0.25) is 4.79 Å². The summed E-state index contributed by atoms with van der Waals surface area (Å²) in [6.07, 6.45) is 2.91. The second kappa shape index (κ2) is 8.97. The highest BCUT2D eigenvalue weighted by atomic mass is 79.9. The van der Waals surface area contributed by atoms with E-state index < -0.39 is 0 Å². The monoisotopic (exact) mass is 327 g/mol. The number of alkyl halides is 1. The van der Waals surface area contributed by atoms with E-state index >= 15 is 0 Å². The van der Waals surface area contributed by atoms with E-state index in [1.807, 2.05) is 18.2 Å². The molecule has 0 radical (unpaired) electrons. The molecule has 3 nitrogen and oxygen atoms in total. The molecule has 106 valence electrons. The number of carbonyl (C=O) groups is 1. The predicted molar refractivity (Wildman–Crippen MR) is 83.9 cm³/mol. The molecular weight excluding hydrogens is 306 g/mol. The number of benzene rings is 1. The lowest BCUT2D eigenvalue weighted by atomic mass is 10.2. The van der Waals surface area contributed by atoms with Crippen molar-refractivity contribution in [2.75, 3.05) is 29.9 Å². The van der Waals surface area contributed by atoms with Crippen molar-refractivity contribution in [1.82, 2.24) is 0 Å². The molecule has 0 saturated carbocycles. The number of ether oxygens (including phenoxy) is 1. The number of hydrogen-bond acceptors (Lipinski definition) is 3. The number of unbranched alkanes of at least 4 members (excludes halogenated alkanes) is 1. The zero-order valence-corrected chi connectivity index (χ0v) is 13.3. The summed E-state index contributed by atoms with van der Waals surface area (Å²) in [6, 6.07) is 5.77. The molecule has 1 aromatic carbocycles. The van der Waals surface area contributed by atoms with Crippen LogP contribution in [-0.4, -0.2) is 31.3 Å². The zero-order valence-electron chi connectivity index (χ0n) is 11.7. The molecule has 19 heavy (non-hydrogen) atoms. The van der Waals surface area contributed by atoms with E-state index in [4.69, 9.17) is 4.74 Å². The third-order valence-corrected chi connectivity index (χ3v) is 3.60. The Bertz CT molecular complexity index is 392. The van der Waals surface area contributed by atoms with E-state index in [0.29, 0.717) is 17.9 Å². The van der Waals surface area contributed by atoms with Gasteiger partial charge in [0.1, 0.15) is 5.75 Å². The molecule has 0 fully saturated rings. The van der Waals surface area contributed by atoms with Crippen molar-refractivity contribution < 1.29 is 9.53 Å². The van der Waals surface area contributed by atoms with Crippen LogP contribution >= 0.6 is 15.9 Å². The Labute approximate surface area is 124 Å². The van der Waals surface area contributed by atoms with Crippen molar-refractivity contribution in [3.8, 4) is 5.75 Å². The fourth-order valence-corrected chi connectivity index (χ4v) is 2.31. The first-order valence-electron chi connectivity index (χ1n) is 6.79. The minimum absolute atomic E-state index is 0.620. The second-order valence-corrected chi connectivity index (χ2v) is 5.05. The summed E-state index contributed by atoms with van der Waals surface area (Å²) < 4.78 is 5.73. The van der Waals surface area contributed by atoms with Gasteiger partial charge in [-0.15, -0.1) is 0 Å². The average Bonchev–Trinajstić information content (AvgIpc) is 2.45. The van der Waals surface area contributed by atoms with Gasteiger partial charge in [0, 0.05) is 30.2 Å². The van der Waals surface area contributed by atoms with Crippen LogP contribution in [0.4, 0.5) is 5.69 Å². The summed E-state index contributed by atoms with van der Waals surface area (Å²) in [5.74, 6) is 0.689. The molecule has 0 aromatic heterocycles. The number of aldehydes is 1. The lowest BCUT2D eigenvalue weighted by Gasteiger charge is -2.22. The van der Waals surface area contributed by atoms with Gasteiger partial charge in [-0.2, -0.15) is 0 Å². The molecule has 0 heterocycles. The topological polar surface area (TPSA) is 29.5 Å². The Morgan fingerprint density at radius 2 is 2.00 bits per heavy atom. The predicted octanol–water partition coefficient (Wildman–Crippen LogP) is 3.90. The van der Waals surface area contributed by atoms with Crippen molar-refractivity contribution in [2.45, 2.75) is 26.7 Å². The molecule has 0 amide bonds. The molecule has 1 rings (SSSR count). The standard InChI is InChI=1S/C15H22BrNO2/c1-3-17(4-2)14-8-7-13(12-18)15(11-14)19-10-6-5-9-16/h7-8,11-12H,3-6,9-10H2,1-2H3. The molecular formula is C15H22BrNO2. The first-order valence-corrected chi connectivity index (χ1v) is 7.91. The number of nitrogens with zero attached hydrogens (tertiary/aromatic N) is 1. The van der Waals surface area contributed by atoms with Crippen molar-refractivity contribution in [3.63, 3.8) is 0 Å². The maximum absolute atomic E-state index is 11.0. The highest BCUT2D eigenvalue weighted by molar-refractivity contribution is 9.09. The first-order chi connectivity index (χ1) is 9.26. The Hall–Kier alpha value is -1.03. The van der Waals surface area contributed by atoms with Crippen molar-refractivity contribution >= 4 is 27.9 Å². The highest BCUT2D eigenvalue weighted by Crippen LogP contribution is 2.25. The van der Waals surface area contributed by atoms with Crippen LogP contribution in [0, 0.1) is 0 Å². The highest BCUT2D eigenvalue weighted by Gasteiger charge is 2.08. The summed E-state index contributed by atoms with van der Waals surface area (Å²) in [7, 11) is 0. The van der Waals surface area contributed by atoms with Crippen LogP contribution in [0.15, 0.2) is 18.2 Å². The quantitative estimate of drug-likeness (QED) is 0.391. The van der Waals surface area contributed by atoms with Gasteiger partial charge < -0.3 is 9.64 Å². The molecule has 0 N–H and O–H groups in total. The van der Waals surface area contributed by atoms with Crippen molar-refractivity contribution in [3.05, 3.63) is 23.8 Å². The first kappa shape index (κ1) is 16.0. The molecule has 1 aromatic rings. The zero-order chi connectivity index (χ0) is 14.1. The van der Waals surface area contributed by atoms with Gasteiger partial charge in [-0.05, 0) is 38.8 Å². The minimum atomic E-state index is 0.620. The van der Waals surface area contributed by atoms with E-state index in [0.717, 1.165) is 43.2 Å². The molecule has 0 bridgehead atoms. The van der Waals surface area contributed by atoms with Crippen LogP contribution in [0.1, 0.15) is 37.0 Å². The summed E-state index contributed by atoms with van der Waals surface area (Å²) in [5.41, 5.74) is 1.72. The molecule has 0 spiro atoms. The van der Waals surface area contributed by atoms with Crippen LogP contribution in [0.25, 0.3) is 0 Å². The van der Waals surface area contributed by atoms with Gasteiger partial charge in [0.25, 0.3) is 0 Å². The fourth-order valence-electron chi connectivity index (χ4n) is 1.91. The third kappa shape index (κ3) is 4.86. The van der Waals surface area contributed by atoms with Crippen LogP contribution in [0.3, 0.4) is 0 Å². The van der Waals surface area contributed by atoms with Gasteiger partial charge in [0.05, 0.1) is 12.2 Å². The van der Waals surface area contributed by atoms with E-state index in [1.54, 1.807) is 0 Å². The van der Waals surface area contributed by atoms with E-state index in [-0.39, 0.29) is 0 Å². The van der Waals surface area contributed by atoms with Gasteiger partial charge in [0.2, 0.25) is 0 Å². The SMILES string of the molecule is CCN(CC)c1ccc(C=O)c(OCCCCBr)c1. The summed E-state index contributed by atoms with van der Waals surface area (Å²) in [6.45, 7) is 6.77. The molecule has 4 heteroatoms. The molecule has 0 saturated heterocycles. The van der Waals surface area contributed by atoms with Crippen LogP contribution in [0.5, 0.6) is 5.75 Å². The smallest absolute Gasteiger partial charge is 0.153 e. The fraction of sp³-hybridized carbons (Fsp3) is 0.533. The lowest BCUT2D eigenvalue weighted by molar-refractivity contribution is 0.111. The van der Waals surface area contributed by atoms with Gasteiger partial charge in [-0.25, -0.2) is 0 Å². The molecule has 0 aliphatic rings. The maximum Gasteiger partial charge on any atom is 0.153 e. The largest absolute Gasteiger partial charge is 0.493 e.